The van der Waals surface area contributed by atoms with Gasteiger partial charge in [0.2, 0.25) is 5.91 Å². The molecule has 1 atom stereocenters. The third-order valence-electron chi connectivity index (χ3n) is 3.94. The molecule has 0 aromatic heterocycles. The SMILES string of the molecule is N#CCc1ccc(NC(C(=O)NC2CC2)c2ccc(F)cc2)cc1. The maximum atomic E-state index is 13.2. The number of hydrogen-bond acceptors (Lipinski definition) is 3. The zero-order valence-electron chi connectivity index (χ0n) is 13.1. The van der Waals surface area contributed by atoms with Gasteiger partial charge in [0.15, 0.2) is 0 Å². The van der Waals surface area contributed by atoms with Crippen LogP contribution in [-0.4, -0.2) is 11.9 Å². The molecule has 0 bridgehead atoms. The molecule has 3 rings (SSSR count). The van der Waals surface area contributed by atoms with Crippen molar-refractivity contribution in [3.8, 4) is 6.07 Å². The van der Waals surface area contributed by atoms with E-state index in [0.717, 1.165) is 24.1 Å². The largest absolute Gasteiger partial charge is 0.370 e. The summed E-state index contributed by atoms with van der Waals surface area (Å²) >= 11 is 0. The minimum Gasteiger partial charge on any atom is -0.370 e. The number of rotatable bonds is 6. The summed E-state index contributed by atoms with van der Waals surface area (Å²) in [5.74, 6) is -0.453. The predicted molar refractivity (Wildman–Crippen MR) is 89.7 cm³/mol. The normalized spacial score (nSPS) is 14.5. The first-order chi connectivity index (χ1) is 11.7. The molecular formula is C19H18FN3O. The third-order valence-corrected chi connectivity index (χ3v) is 3.94. The van der Waals surface area contributed by atoms with Gasteiger partial charge in [0.1, 0.15) is 11.9 Å². The Labute approximate surface area is 140 Å². The van der Waals surface area contributed by atoms with Gasteiger partial charge in [0.05, 0.1) is 12.5 Å². The number of nitriles is 1. The van der Waals surface area contributed by atoms with Crippen LogP contribution >= 0.6 is 0 Å². The number of carbonyl (C=O) groups excluding carboxylic acids is 1. The Hall–Kier alpha value is -2.87. The standard InChI is InChI=1S/C19H18FN3O/c20-15-5-3-14(4-6-15)18(19(24)23-17-9-10-17)22-16-7-1-13(2-8-16)11-12-21/h1-8,17-18,22H,9-11H2,(H,23,24). The molecular weight excluding hydrogens is 305 g/mol. The molecule has 1 fully saturated rings. The third kappa shape index (κ3) is 4.11. The van der Waals surface area contributed by atoms with Crippen molar-refractivity contribution in [2.45, 2.75) is 31.3 Å². The summed E-state index contributed by atoms with van der Waals surface area (Å²) in [7, 11) is 0. The van der Waals surface area contributed by atoms with Gasteiger partial charge in [0.25, 0.3) is 0 Å². The van der Waals surface area contributed by atoms with Gasteiger partial charge in [0, 0.05) is 11.7 Å². The lowest BCUT2D eigenvalue weighted by Gasteiger charge is -2.20. The fourth-order valence-corrected chi connectivity index (χ4v) is 2.44. The van der Waals surface area contributed by atoms with Crippen molar-refractivity contribution in [3.63, 3.8) is 0 Å². The minimum absolute atomic E-state index is 0.120. The van der Waals surface area contributed by atoms with E-state index in [-0.39, 0.29) is 17.8 Å². The number of amides is 1. The van der Waals surface area contributed by atoms with Crippen LogP contribution in [0.25, 0.3) is 0 Å². The molecule has 1 aliphatic carbocycles. The lowest BCUT2D eigenvalue weighted by molar-refractivity contribution is -0.122. The molecule has 1 saturated carbocycles. The van der Waals surface area contributed by atoms with Crippen LogP contribution in [-0.2, 0) is 11.2 Å². The molecule has 1 unspecified atom stereocenters. The van der Waals surface area contributed by atoms with Gasteiger partial charge in [-0.1, -0.05) is 24.3 Å². The summed E-state index contributed by atoms with van der Waals surface area (Å²) < 4.78 is 13.2. The molecule has 24 heavy (non-hydrogen) atoms. The smallest absolute Gasteiger partial charge is 0.247 e. The molecule has 5 heteroatoms. The van der Waals surface area contributed by atoms with Gasteiger partial charge < -0.3 is 10.6 Å². The van der Waals surface area contributed by atoms with Crippen LogP contribution in [0.5, 0.6) is 0 Å². The maximum Gasteiger partial charge on any atom is 0.247 e. The first-order valence-corrected chi connectivity index (χ1v) is 7.94. The Bertz CT molecular complexity index is 746. The summed E-state index contributed by atoms with van der Waals surface area (Å²) in [4.78, 5) is 12.5. The summed E-state index contributed by atoms with van der Waals surface area (Å²) in [6.07, 6.45) is 2.36. The highest BCUT2D eigenvalue weighted by Crippen LogP contribution is 2.24. The summed E-state index contributed by atoms with van der Waals surface area (Å²) in [6, 6.07) is 15.1. The molecule has 1 amide bonds. The number of carbonyl (C=O) groups is 1. The number of benzene rings is 2. The lowest BCUT2D eigenvalue weighted by Crippen LogP contribution is -2.34. The van der Waals surface area contributed by atoms with Crippen molar-refractivity contribution in [3.05, 3.63) is 65.5 Å². The van der Waals surface area contributed by atoms with Gasteiger partial charge in [-0.2, -0.15) is 5.26 Å². The molecule has 122 valence electrons. The Balaban J connectivity index is 1.79. The van der Waals surface area contributed by atoms with Crippen LogP contribution in [0.4, 0.5) is 10.1 Å². The molecule has 2 aromatic carbocycles. The molecule has 0 spiro atoms. The summed E-state index contributed by atoms with van der Waals surface area (Å²) in [5, 5.41) is 14.9. The lowest BCUT2D eigenvalue weighted by atomic mass is 10.0. The van der Waals surface area contributed by atoms with E-state index in [1.54, 1.807) is 12.1 Å². The Morgan fingerprint density at radius 1 is 1.17 bits per heavy atom. The van der Waals surface area contributed by atoms with Crippen LogP contribution in [0.1, 0.15) is 30.0 Å². The van der Waals surface area contributed by atoms with E-state index >= 15 is 0 Å². The van der Waals surface area contributed by atoms with E-state index < -0.39 is 6.04 Å². The average molecular weight is 323 g/mol. The zero-order chi connectivity index (χ0) is 16.9. The minimum atomic E-state index is -0.590. The van der Waals surface area contributed by atoms with Gasteiger partial charge in [-0.05, 0) is 48.2 Å². The fourth-order valence-electron chi connectivity index (χ4n) is 2.44. The monoisotopic (exact) mass is 323 g/mol. The number of nitrogens with one attached hydrogen (secondary N) is 2. The highest BCUT2D eigenvalue weighted by Gasteiger charge is 2.28. The second-order valence-electron chi connectivity index (χ2n) is 5.94. The van der Waals surface area contributed by atoms with E-state index in [0.29, 0.717) is 12.0 Å². The first kappa shape index (κ1) is 16.0. The van der Waals surface area contributed by atoms with Crippen LogP contribution in [0.15, 0.2) is 48.5 Å². The second-order valence-corrected chi connectivity index (χ2v) is 5.94. The van der Waals surface area contributed by atoms with Crippen LogP contribution < -0.4 is 10.6 Å². The molecule has 0 saturated heterocycles. The van der Waals surface area contributed by atoms with Crippen LogP contribution in [0, 0.1) is 17.1 Å². The van der Waals surface area contributed by atoms with Crippen molar-refractivity contribution >= 4 is 11.6 Å². The molecule has 0 radical (unpaired) electrons. The number of nitrogens with zero attached hydrogens (tertiary/aromatic N) is 1. The van der Waals surface area contributed by atoms with Crippen LogP contribution in [0.3, 0.4) is 0 Å². The highest BCUT2D eigenvalue weighted by atomic mass is 19.1. The van der Waals surface area contributed by atoms with Crippen molar-refractivity contribution in [2.75, 3.05) is 5.32 Å². The first-order valence-electron chi connectivity index (χ1n) is 7.94. The topological polar surface area (TPSA) is 64.9 Å². The van der Waals surface area contributed by atoms with E-state index in [4.69, 9.17) is 5.26 Å². The number of anilines is 1. The van der Waals surface area contributed by atoms with Crippen molar-refractivity contribution < 1.29 is 9.18 Å². The molecule has 2 N–H and O–H groups in total. The Kier molecular flexibility index (Phi) is 4.76. The fraction of sp³-hybridized carbons (Fsp3) is 0.263. The Morgan fingerprint density at radius 2 is 1.83 bits per heavy atom. The van der Waals surface area contributed by atoms with E-state index in [1.165, 1.54) is 12.1 Å². The molecule has 0 aliphatic heterocycles. The van der Waals surface area contributed by atoms with E-state index in [2.05, 4.69) is 16.7 Å². The van der Waals surface area contributed by atoms with Crippen LogP contribution in [0.2, 0.25) is 0 Å². The number of hydrogen-bond donors (Lipinski definition) is 2. The predicted octanol–water partition coefficient (Wildman–Crippen LogP) is 3.32. The summed E-state index contributed by atoms with van der Waals surface area (Å²) in [6.45, 7) is 0. The molecule has 2 aromatic rings. The van der Waals surface area contributed by atoms with E-state index in [9.17, 15) is 9.18 Å². The van der Waals surface area contributed by atoms with E-state index in [1.807, 2.05) is 24.3 Å². The number of halogens is 1. The van der Waals surface area contributed by atoms with Gasteiger partial charge in [-0.15, -0.1) is 0 Å². The maximum absolute atomic E-state index is 13.2. The van der Waals surface area contributed by atoms with Gasteiger partial charge in [-0.3, -0.25) is 4.79 Å². The zero-order valence-corrected chi connectivity index (χ0v) is 13.1. The molecule has 1 aliphatic rings. The van der Waals surface area contributed by atoms with Gasteiger partial charge in [-0.25, -0.2) is 4.39 Å². The molecule has 4 nitrogen and oxygen atoms in total. The van der Waals surface area contributed by atoms with Crippen molar-refractivity contribution in [1.82, 2.24) is 5.32 Å². The quantitative estimate of drug-likeness (QED) is 0.857. The second kappa shape index (κ2) is 7.14. The van der Waals surface area contributed by atoms with Gasteiger partial charge >= 0.3 is 0 Å². The average Bonchev–Trinajstić information content (AvgIpc) is 3.39. The summed E-state index contributed by atoms with van der Waals surface area (Å²) in [5.41, 5.74) is 2.40. The Morgan fingerprint density at radius 3 is 2.42 bits per heavy atom. The van der Waals surface area contributed by atoms with Crippen molar-refractivity contribution in [2.24, 2.45) is 0 Å². The highest BCUT2D eigenvalue weighted by molar-refractivity contribution is 5.86. The van der Waals surface area contributed by atoms with Crippen molar-refractivity contribution in [1.29, 1.82) is 5.26 Å². The molecule has 0 heterocycles.